The fourth-order valence-electron chi connectivity index (χ4n) is 4.37. The highest BCUT2D eigenvalue weighted by Gasteiger charge is 2.33. The molecule has 3 aliphatic rings. The Kier molecular flexibility index (Phi) is 5.27. The van der Waals surface area contributed by atoms with Crippen LogP contribution < -0.4 is 9.80 Å². The lowest BCUT2D eigenvalue weighted by Crippen LogP contribution is -2.58. The summed E-state index contributed by atoms with van der Waals surface area (Å²) >= 11 is 0. The second-order valence-corrected chi connectivity index (χ2v) is 8.66. The van der Waals surface area contributed by atoms with Crippen LogP contribution in [0.4, 0.5) is 11.8 Å². The summed E-state index contributed by atoms with van der Waals surface area (Å²) in [6.07, 6.45) is 4.70. The Morgan fingerprint density at radius 2 is 1.86 bits per heavy atom. The Morgan fingerprint density at radius 3 is 2.50 bits per heavy atom. The third-order valence-corrected chi connectivity index (χ3v) is 6.43. The van der Waals surface area contributed by atoms with Crippen molar-refractivity contribution in [1.82, 2.24) is 19.8 Å². The van der Waals surface area contributed by atoms with Crippen LogP contribution in [0.3, 0.4) is 0 Å². The number of hydrogen-bond donors (Lipinski definition) is 0. The Morgan fingerprint density at radius 1 is 1.14 bits per heavy atom. The minimum Gasteiger partial charge on any atom is -0.353 e. The van der Waals surface area contributed by atoms with E-state index in [0.29, 0.717) is 12.0 Å². The first-order valence-corrected chi connectivity index (χ1v) is 10.4. The number of piperazine rings is 1. The third-order valence-electron chi connectivity index (χ3n) is 6.43. The van der Waals surface area contributed by atoms with Gasteiger partial charge in [0, 0.05) is 50.9 Å². The summed E-state index contributed by atoms with van der Waals surface area (Å²) in [7, 11) is 4.26. The maximum atomic E-state index is 11.9. The van der Waals surface area contributed by atoms with E-state index in [1.54, 1.807) is 0 Å². The molecule has 1 aliphatic carbocycles. The summed E-state index contributed by atoms with van der Waals surface area (Å²) in [5.74, 6) is 2.68. The number of hydrogen-bond acceptors (Lipinski definition) is 6. The number of carbonyl (C=O) groups excluding carboxylic acids is 1. The van der Waals surface area contributed by atoms with Gasteiger partial charge in [-0.25, -0.2) is 4.98 Å². The molecule has 0 radical (unpaired) electrons. The fourth-order valence-corrected chi connectivity index (χ4v) is 4.37. The second-order valence-electron chi connectivity index (χ2n) is 8.66. The van der Waals surface area contributed by atoms with Crippen molar-refractivity contribution in [3.63, 3.8) is 0 Å². The molecule has 2 aliphatic heterocycles. The van der Waals surface area contributed by atoms with Crippen LogP contribution in [0.5, 0.6) is 0 Å². The van der Waals surface area contributed by atoms with Crippen LogP contribution in [0.25, 0.3) is 0 Å². The fraction of sp³-hybridized carbons (Fsp3) is 0.667. The predicted molar refractivity (Wildman–Crippen MR) is 112 cm³/mol. The second kappa shape index (κ2) is 7.70. The van der Waals surface area contributed by atoms with Gasteiger partial charge in [-0.3, -0.25) is 4.79 Å². The van der Waals surface area contributed by atoms with Crippen molar-refractivity contribution in [2.75, 3.05) is 63.2 Å². The highest BCUT2D eigenvalue weighted by atomic mass is 16.2. The highest BCUT2D eigenvalue weighted by Crippen LogP contribution is 2.34. The molecule has 2 saturated heterocycles. The van der Waals surface area contributed by atoms with Crippen molar-refractivity contribution < 1.29 is 4.79 Å². The molecule has 1 atom stereocenters. The van der Waals surface area contributed by atoms with Crippen molar-refractivity contribution >= 4 is 17.7 Å². The van der Waals surface area contributed by atoms with Gasteiger partial charge in [-0.15, -0.1) is 0 Å². The average Bonchev–Trinajstić information content (AvgIpc) is 2.65. The normalized spacial score (nSPS) is 22.9. The molecular weight excluding hydrogens is 352 g/mol. The van der Waals surface area contributed by atoms with E-state index in [1.165, 1.54) is 23.8 Å². The van der Waals surface area contributed by atoms with E-state index < -0.39 is 0 Å². The van der Waals surface area contributed by atoms with Crippen molar-refractivity contribution in [3.05, 3.63) is 23.9 Å². The van der Waals surface area contributed by atoms with E-state index in [2.05, 4.69) is 42.3 Å². The van der Waals surface area contributed by atoms with Gasteiger partial charge in [0.2, 0.25) is 11.9 Å². The Balaban J connectivity index is 1.58. The van der Waals surface area contributed by atoms with Gasteiger partial charge in [-0.2, -0.15) is 4.98 Å². The van der Waals surface area contributed by atoms with Crippen LogP contribution in [-0.2, 0) is 17.6 Å². The molecule has 0 saturated carbocycles. The van der Waals surface area contributed by atoms with Crippen molar-refractivity contribution in [2.24, 2.45) is 5.92 Å². The van der Waals surface area contributed by atoms with Gasteiger partial charge >= 0.3 is 0 Å². The number of aryl methyl sites for hydroxylation is 1. The Labute approximate surface area is 168 Å². The molecule has 0 spiro atoms. The zero-order valence-electron chi connectivity index (χ0n) is 17.4. The number of anilines is 2. The van der Waals surface area contributed by atoms with E-state index in [9.17, 15) is 4.79 Å². The number of amides is 1. The topological polar surface area (TPSA) is 55.8 Å². The van der Waals surface area contributed by atoms with Gasteiger partial charge < -0.3 is 19.6 Å². The smallest absolute Gasteiger partial charge is 0.246 e. The Bertz CT molecular complexity index is 750. The monoisotopic (exact) mass is 384 g/mol. The molecule has 1 aromatic rings. The van der Waals surface area contributed by atoms with E-state index in [0.717, 1.165) is 63.9 Å². The lowest BCUT2D eigenvalue weighted by molar-refractivity contribution is -0.126. The van der Waals surface area contributed by atoms with E-state index in [1.807, 2.05) is 4.90 Å². The third kappa shape index (κ3) is 3.60. The Hall–Kier alpha value is -2.15. The van der Waals surface area contributed by atoms with E-state index in [4.69, 9.17) is 9.97 Å². The average molecular weight is 385 g/mol. The predicted octanol–water partition coefficient (Wildman–Crippen LogP) is 1.19. The molecule has 152 valence electrons. The zero-order chi connectivity index (χ0) is 19.8. The lowest BCUT2D eigenvalue weighted by atomic mass is 9.88. The maximum absolute atomic E-state index is 11.9. The maximum Gasteiger partial charge on any atom is 0.246 e. The van der Waals surface area contributed by atoms with Crippen LogP contribution in [0.2, 0.25) is 0 Å². The molecule has 1 aromatic heterocycles. The lowest BCUT2D eigenvalue weighted by Gasteiger charge is -2.43. The molecule has 7 heteroatoms. The van der Waals surface area contributed by atoms with Crippen LogP contribution in [-0.4, -0.2) is 85.1 Å². The number of fused-ring (bicyclic) bond motifs is 1. The minimum atomic E-state index is 0.0222. The number of likely N-dealkylation sites (N-methyl/N-ethyl adjacent to an activating group) is 1. The molecule has 1 unspecified atom stereocenters. The van der Waals surface area contributed by atoms with Crippen LogP contribution in [0, 0.1) is 5.92 Å². The minimum absolute atomic E-state index is 0.0222. The number of nitrogens with zero attached hydrogens (tertiary/aromatic N) is 6. The van der Waals surface area contributed by atoms with Gasteiger partial charge in [0.05, 0.1) is 5.69 Å². The zero-order valence-corrected chi connectivity index (χ0v) is 17.4. The SMILES string of the molecule is C=CC(=O)N1CCN(c2nc(N3CC(N(C)C)C3)nc3c2CC(C)CC3)CC1. The quantitative estimate of drug-likeness (QED) is 0.727. The first-order valence-electron chi connectivity index (χ1n) is 10.4. The van der Waals surface area contributed by atoms with Crippen LogP contribution in [0.1, 0.15) is 24.6 Å². The molecule has 0 aromatic carbocycles. The number of rotatable bonds is 4. The summed E-state index contributed by atoms with van der Waals surface area (Å²) in [5, 5.41) is 0. The molecular formula is C21H32N6O. The van der Waals surface area contributed by atoms with Gasteiger partial charge in [-0.05, 0) is 45.4 Å². The van der Waals surface area contributed by atoms with Crippen molar-refractivity contribution in [1.29, 1.82) is 0 Å². The summed E-state index contributed by atoms with van der Waals surface area (Å²) in [6.45, 7) is 11.0. The first-order chi connectivity index (χ1) is 13.5. The van der Waals surface area contributed by atoms with Crippen molar-refractivity contribution in [2.45, 2.75) is 32.2 Å². The molecule has 2 fully saturated rings. The van der Waals surface area contributed by atoms with Crippen LogP contribution in [0.15, 0.2) is 12.7 Å². The summed E-state index contributed by atoms with van der Waals surface area (Å²) in [6, 6.07) is 0.580. The first kappa shape index (κ1) is 19.2. The van der Waals surface area contributed by atoms with Gasteiger partial charge in [-0.1, -0.05) is 13.5 Å². The summed E-state index contributed by atoms with van der Waals surface area (Å²) in [4.78, 5) is 30.7. The molecule has 0 bridgehead atoms. The number of carbonyl (C=O) groups is 1. The van der Waals surface area contributed by atoms with E-state index >= 15 is 0 Å². The largest absolute Gasteiger partial charge is 0.353 e. The molecule has 3 heterocycles. The molecule has 7 nitrogen and oxygen atoms in total. The van der Waals surface area contributed by atoms with Crippen molar-refractivity contribution in [3.8, 4) is 0 Å². The molecule has 28 heavy (non-hydrogen) atoms. The molecule has 1 amide bonds. The van der Waals surface area contributed by atoms with E-state index in [-0.39, 0.29) is 5.91 Å². The van der Waals surface area contributed by atoms with Crippen LogP contribution >= 0.6 is 0 Å². The van der Waals surface area contributed by atoms with Gasteiger partial charge in [0.25, 0.3) is 0 Å². The summed E-state index contributed by atoms with van der Waals surface area (Å²) < 4.78 is 0. The number of aromatic nitrogens is 2. The van der Waals surface area contributed by atoms with Gasteiger partial charge in [0.15, 0.2) is 0 Å². The molecule has 0 N–H and O–H groups in total. The molecule has 4 rings (SSSR count). The standard InChI is InChI=1S/C21H32N6O/c1-5-19(28)25-8-10-26(11-9-25)20-17-12-15(2)6-7-18(17)22-21(23-20)27-13-16(14-27)24(3)4/h5,15-16H,1,6-14H2,2-4H3. The van der Waals surface area contributed by atoms with Gasteiger partial charge in [0.1, 0.15) is 5.82 Å². The highest BCUT2D eigenvalue weighted by molar-refractivity contribution is 5.87. The summed E-state index contributed by atoms with van der Waals surface area (Å²) in [5.41, 5.74) is 2.56.